The van der Waals surface area contributed by atoms with E-state index in [1.807, 2.05) is 0 Å². The highest BCUT2D eigenvalue weighted by atomic mass is 32.2. The van der Waals surface area contributed by atoms with E-state index in [2.05, 4.69) is 34.6 Å². The van der Waals surface area contributed by atoms with Crippen LogP contribution < -0.4 is 0 Å². The highest BCUT2D eigenvalue weighted by Gasteiger charge is 2.28. The van der Waals surface area contributed by atoms with Crippen molar-refractivity contribution in [2.24, 2.45) is 5.92 Å². The molecular formula is C12H26OS. The molecule has 0 aromatic rings. The largest absolute Gasteiger partial charge is 0.259 e. The molecule has 2 heteroatoms. The van der Waals surface area contributed by atoms with Gasteiger partial charge in [-0.3, -0.25) is 4.21 Å². The van der Waals surface area contributed by atoms with Crippen LogP contribution in [-0.2, 0) is 10.8 Å². The maximum absolute atomic E-state index is 12.0. The minimum Gasteiger partial charge on any atom is -0.259 e. The van der Waals surface area contributed by atoms with E-state index in [1.54, 1.807) is 0 Å². The van der Waals surface area contributed by atoms with Crippen LogP contribution in [-0.4, -0.2) is 14.7 Å². The Morgan fingerprint density at radius 3 is 2.14 bits per heavy atom. The molecule has 1 atom stereocenters. The second-order valence-electron chi connectivity index (χ2n) is 4.87. The standard InChI is InChI=1S/C12H26OS/c1-6-7-8-9-10-14(13)12(4,5)11(2)3/h11H,6-10H2,1-5H3. The Bertz CT molecular complexity index is 173. The highest BCUT2D eigenvalue weighted by Crippen LogP contribution is 2.24. The van der Waals surface area contributed by atoms with E-state index in [0.29, 0.717) is 5.92 Å². The molecule has 0 heterocycles. The molecule has 0 fully saturated rings. The SMILES string of the molecule is CCCCCCS(=O)C(C)(C)C(C)C. The Kier molecular flexibility index (Phi) is 6.67. The van der Waals surface area contributed by atoms with Crippen molar-refractivity contribution >= 4 is 10.8 Å². The minimum atomic E-state index is -0.664. The first-order valence-corrected chi connectivity index (χ1v) is 7.13. The van der Waals surface area contributed by atoms with Crippen molar-refractivity contribution in [2.45, 2.75) is 65.0 Å². The molecule has 0 spiro atoms. The Labute approximate surface area is 92.1 Å². The summed E-state index contributed by atoms with van der Waals surface area (Å²) in [4.78, 5) is 0. The molecule has 0 N–H and O–H groups in total. The highest BCUT2D eigenvalue weighted by molar-refractivity contribution is 7.86. The van der Waals surface area contributed by atoms with Gasteiger partial charge in [0.2, 0.25) is 0 Å². The Balaban J connectivity index is 3.84. The number of hydrogen-bond donors (Lipinski definition) is 0. The van der Waals surface area contributed by atoms with Gasteiger partial charge in [-0.15, -0.1) is 0 Å². The molecule has 1 nitrogen and oxygen atoms in total. The van der Waals surface area contributed by atoms with Gasteiger partial charge in [-0.2, -0.15) is 0 Å². The Morgan fingerprint density at radius 2 is 1.71 bits per heavy atom. The summed E-state index contributed by atoms with van der Waals surface area (Å²) in [5.41, 5.74) is 0. The fourth-order valence-corrected chi connectivity index (χ4v) is 2.70. The number of rotatable bonds is 7. The van der Waals surface area contributed by atoms with Crippen molar-refractivity contribution in [2.75, 3.05) is 5.75 Å². The summed E-state index contributed by atoms with van der Waals surface area (Å²) < 4.78 is 12.0. The maximum Gasteiger partial charge on any atom is 0.0425 e. The first-order chi connectivity index (χ1) is 6.42. The predicted molar refractivity (Wildman–Crippen MR) is 66.1 cm³/mol. The van der Waals surface area contributed by atoms with Gasteiger partial charge in [0.25, 0.3) is 0 Å². The zero-order chi connectivity index (χ0) is 11.2. The van der Waals surface area contributed by atoms with Gasteiger partial charge in [-0.25, -0.2) is 0 Å². The van der Waals surface area contributed by atoms with Crippen molar-refractivity contribution in [3.05, 3.63) is 0 Å². The number of unbranched alkanes of at least 4 members (excludes halogenated alkanes) is 3. The van der Waals surface area contributed by atoms with E-state index in [-0.39, 0.29) is 4.75 Å². The average Bonchev–Trinajstić information content (AvgIpc) is 2.11. The summed E-state index contributed by atoms with van der Waals surface area (Å²) in [6.45, 7) is 10.8. The molecule has 1 unspecified atom stereocenters. The van der Waals surface area contributed by atoms with Crippen LogP contribution in [0.4, 0.5) is 0 Å². The fourth-order valence-electron chi connectivity index (χ4n) is 1.19. The minimum absolute atomic E-state index is 0.0216. The fraction of sp³-hybridized carbons (Fsp3) is 1.00. The van der Waals surface area contributed by atoms with Crippen molar-refractivity contribution < 1.29 is 4.21 Å². The third-order valence-corrected chi connectivity index (χ3v) is 5.46. The lowest BCUT2D eigenvalue weighted by atomic mass is 10.00. The summed E-state index contributed by atoms with van der Waals surface area (Å²) in [6, 6.07) is 0. The smallest absolute Gasteiger partial charge is 0.0425 e. The van der Waals surface area contributed by atoms with Gasteiger partial charge in [0.15, 0.2) is 0 Å². The lowest BCUT2D eigenvalue weighted by Crippen LogP contribution is -2.34. The second-order valence-corrected chi connectivity index (χ2v) is 7.02. The van der Waals surface area contributed by atoms with E-state index < -0.39 is 10.8 Å². The van der Waals surface area contributed by atoms with Crippen molar-refractivity contribution in [1.29, 1.82) is 0 Å². The van der Waals surface area contributed by atoms with Crippen LogP contribution in [0.25, 0.3) is 0 Å². The van der Waals surface area contributed by atoms with Gasteiger partial charge in [0.05, 0.1) is 0 Å². The quantitative estimate of drug-likeness (QED) is 0.595. The van der Waals surface area contributed by atoms with Crippen molar-refractivity contribution in [3.8, 4) is 0 Å². The van der Waals surface area contributed by atoms with Gasteiger partial charge in [0.1, 0.15) is 0 Å². The van der Waals surface area contributed by atoms with Gasteiger partial charge in [-0.05, 0) is 26.2 Å². The molecule has 0 amide bonds. The summed E-state index contributed by atoms with van der Waals surface area (Å²) in [7, 11) is -0.664. The van der Waals surface area contributed by atoms with E-state index in [4.69, 9.17) is 0 Å². The van der Waals surface area contributed by atoms with Crippen LogP contribution >= 0.6 is 0 Å². The normalized spacial score (nSPS) is 14.7. The van der Waals surface area contributed by atoms with Gasteiger partial charge in [0, 0.05) is 21.3 Å². The van der Waals surface area contributed by atoms with Crippen LogP contribution in [0.3, 0.4) is 0 Å². The van der Waals surface area contributed by atoms with Crippen molar-refractivity contribution in [3.63, 3.8) is 0 Å². The van der Waals surface area contributed by atoms with Crippen LogP contribution in [0.1, 0.15) is 60.3 Å². The van der Waals surface area contributed by atoms with E-state index in [0.717, 1.165) is 12.2 Å². The van der Waals surface area contributed by atoms with Gasteiger partial charge >= 0.3 is 0 Å². The Hall–Kier alpha value is 0.150. The topological polar surface area (TPSA) is 17.1 Å². The first kappa shape index (κ1) is 14.2. The van der Waals surface area contributed by atoms with E-state index >= 15 is 0 Å². The predicted octanol–water partition coefficient (Wildman–Crippen LogP) is 3.75. The molecule has 0 aliphatic heterocycles. The van der Waals surface area contributed by atoms with Crippen LogP contribution in [0.5, 0.6) is 0 Å². The zero-order valence-corrected chi connectivity index (χ0v) is 11.2. The maximum atomic E-state index is 12.0. The van der Waals surface area contributed by atoms with Gasteiger partial charge < -0.3 is 0 Å². The summed E-state index contributed by atoms with van der Waals surface area (Å²) in [6.07, 6.45) is 4.88. The van der Waals surface area contributed by atoms with Crippen LogP contribution in [0, 0.1) is 5.92 Å². The first-order valence-electron chi connectivity index (χ1n) is 5.81. The molecule has 0 saturated carbocycles. The summed E-state index contributed by atoms with van der Waals surface area (Å²) in [5.74, 6) is 1.38. The summed E-state index contributed by atoms with van der Waals surface area (Å²) in [5, 5.41) is 0. The Morgan fingerprint density at radius 1 is 1.14 bits per heavy atom. The van der Waals surface area contributed by atoms with Crippen LogP contribution in [0.2, 0.25) is 0 Å². The molecule has 0 aromatic heterocycles. The second kappa shape index (κ2) is 6.60. The third kappa shape index (κ3) is 4.59. The zero-order valence-electron chi connectivity index (χ0n) is 10.4. The molecule has 0 aliphatic carbocycles. The third-order valence-electron chi connectivity index (χ3n) is 3.16. The molecule has 0 radical (unpaired) electrons. The monoisotopic (exact) mass is 218 g/mol. The molecule has 0 saturated heterocycles. The molecular weight excluding hydrogens is 192 g/mol. The molecule has 0 bridgehead atoms. The number of hydrogen-bond acceptors (Lipinski definition) is 1. The molecule has 14 heavy (non-hydrogen) atoms. The molecule has 0 rings (SSSR count). The van der Waals surface area contributed by atoms with Crippen LogP contribution in [0.15, 0.2) is 0 Å². The average molecular weight is 218 g/mol. The molecule has 0 aliphatic rings. The van der Waals surface area contributed by atoms with Crippen molar-refractivity contribution in [1.82, 2.24) is 0 Å². The molecule has 0 aromatic carbocycles. The molecule has 86 valence electrons. The summed E-state index contributed by atoms with van der Waals surface area (Å²) >= 11 is 0. The lowest BCUT2D eigenvalue weighted by Gasteiger charge is -2.28. The van der Waals surface area contributed by atoms with E-state index in [1.165, 1.54) is 19.3 Å². The lowest BCUT2D eigenvalue weighted by molar-refractivity contribution is 0.482. The van der Waals surface area contributed by atoms with E-state index in [9.17, 15) is 4.21 Å². The van der Waals surface area contributed by atoms with Gasteiger partial charge in [-0.1, -0.05) is 40.0 Å².